The van der Waals surface area contributed by atoms with E-state index in [1.54, 1.807) is 30.3 Å². The molecule has 2 aromatic carbocycles. The van der Waals surface area contributed by atoms with Crippen LogP contribution >= 0.6 is 0 Å². The van der Waals surface area contributed by atoms with Gasteiger partial charge in [-0.05, 0) is 48.4 Å². The first-order valence-electron chi connectivity index (χ1n) is 10.4. The van der Waals surface area contributed by atoms with Crippen molar-refractivity contribution in [2.45, 2.75) is 51.5 Å². The lowest BCUT2D eigenvalue weighted by atomic mass is 9.90. The van der Waals surface area contributed by atoms with Gasteiger partial charge in [0.1, 0.15) is 0 Å². The molecule has 0 amide bonds. The Balaban J connectivity index is 0.000000239. The van der Waals surface area contributed by atoms with E-state index >= 15 is 0 Å². The van der Waals surface area contributed by atoms with Gasteiger partial charge < -0.3 is 10.2 Å². The second-order valence-electron chi connectivity index (χ2n) is 7.92. The summed E-state index contributed by atoms with van der Waals surface area (Å²) in [5.74, 6) is -0.133. The van der Waals surface area contributed by atoms with Crippen molar-refractivity contribution < 1.29 is 15.0 Å². The number of aryl methyl sites for hydroxylation is 1. The SMILES string of the molecule is CC(C)c1ccc(Cn2nnc3c2[C@H](CO)CCC3)cc1.O=C(O)c1ccccc1. The molecule has 0 saturated carbocycles. The summed E-state index contributed by atoms with van der Waals surface area (Å²) in [7, 11) is 0. The summed E-state index contributed by atoms with van der Waals surface area (Å²) in [5.41, 5.74) is 5.12. The molecule has 0 spiro atoms. The van der Waals surface area contributed by atoms with E-state index in [-0.39, 0.29) is 12.5 Å². The Kier molecular flexibility index (Phi) is 7.36. The van der Waals surface area contributed by atoms with Crippen LogP contribution < -0.4 is 0 Å². The van der Waals surface area contributed by atoms with Gasteiger partial charge in [0.2, 0.25) is 0 Å². The fourth-order valence-electron chi connectivity index (χ4n) is 3.69. The number of carbonyl (C=O) groups is 1. The molecule has 0 aliphatic heterocycles. The Hall–Kier alpha value is -2.99. The van der Waals surface area contributed by atoms with Crippen molar-refractivity contribution in [1.82, 2.24) is 15.0 Å². The van der Waals surface area contributed by atoms with E-state index in [1.165, 1.54) is 11.1 Å². The van der Waals surface area contributed by atoms with Crippen molar-refractivity contribution in [2.75, 3.05) is 6.61 Å². The number of nitrogens with zero attached hydrogens (tertiary/aromatic N) is 3. The summed E-state index contributed by atoms with van der Waals surface area (Å²) >= 11 is 0. The third-order valence-electron chi connectivity index (χ3n) is 5.42. The highest BCUT2D eigenvalue weighted by Crippen LogP contribution is 2.30. The van der Waals surface area contributed by atoms with Gasteiger partial charge in [-0.25, -0.2) is 9.48 Å². The van der Waals surface area contributed by atoms with Crippen molar-refractivity contribution in [1.29, 1.82) is 0 Å². The molecule has 3 aromatic rings. The van der Waals surface area contributed by atoms with Gasteiger partial charge in [0.25, 0.3) is 0 Å². The molecule has 0 saturated heterocycles. The summed E-state index contributed by atoms with van der Waals surface area (Å²) in [5, 5.41) is 26.6. The maximum atomic E-state index is 10.2. The van der Waals surface area contributed by atoms with E-state index in [9.17, 15) is 9.90 Å². The molecule has 0 fully saturated rings. The highest BCUT2D eigenvalue weighted by Gasteiger charge is 2.25. The number of hydrogen-bond donors (Lipinski definition) is 2. The zero-order chi connectivity index (χ0) is 21.5. The van der Waals surface area contributed by atoms with Gasteiger partial charge in [-0.2, -0.15) is 0 Å². The van der Waals surface area contributed by atoms with Crippen LogP contribution in [0, 0.1) is 0 Å². The van der Waals surface area contributed by atoms with E-state index in [0.29, 0.717) is 11.5 Å². The van der Waals surface area contributed by atoms with E-state index in [4.69, 9.17) is 5.11 Å². The van der Waals surface area contributed by atoms with Crippen LogP contribution in [0.3, 0.4) is 0 Å². The van der Waals surface area contributed by atoms with Crippen molar-refractivity contribution in [2.24, 2.45) is 0 Å². The molecule has 1 aliphatic rings. The van der Waals surface area contributed by atoms with Gasteiger partial charge in [0, 0.05) is 5.92 Å². The molecule has 1 aliphatic carbocycles. The third-order valence-corrected chi connectivity index (χ3v) is 5.42. The fourth-order valence-corrected chi connectivity index (χ4v) is 3.69. The molecule has 6 nitrogen and oxygen atoms in total. The number of aromatic nitrogens is 3. The lowest BCUT2D eigenvalue weighted by Gasteiger charge is -2.21. The molecule has 2 N–H and O–H groups in total. The smallest absolute Gasteiger partial charge is 0.335 e. The predicted octanol–water partition coefficient (Wildman–Crippen LogP) is 4.25. The van der Waals surface area contributed by atoms with Crippen LogP contribution in [0.5, 0.6) is 0 Å². The molecular formula is C24H29N3O3. The molecule has 1 atom stereocenters. The molecule has 4 rings (SSSR count). The Morgan fingerprint density at radius 3 is 2.40 bits per heavy atom. The summed E-state index contributed by atoms with van der Waals surface area (Å²) < 4.78 is 1.97. The summed E-state index contributed by atoms with van der Waals surface area (Å²) in [6.07, 6.45) is 3.11. The number of aliphatic hydroxyl groups is 1. The maximum Gasteiger partial charge on any atom is 0.335 e. The number of fused-ring (bicyclic) bond motifs is 1. The van der Waals surface area contributed by atoms with Crippen molar-refractivity contribution in [3.63, 3.8) is 0 Å². The normalized spacial score (nSPS) is 15.3. The molecule has 0 unspecified atom stereocenters. The highest BCUT2D eigenvalue weighted by molar-refractivity contribution is 5.87. The van der Waals surface area contributed by atoms with E-state index in [1.807, 2.05) is 4.68 Å². The Bertz CT molecular complexity index is 950. The van der Waals surface area contributed by atoms with Gasteiger partial charge in [-0.3, -0.25) is 0 Å². The van der Waals surface area contributed by atoms with Crippen LogP contribution in [0.15, 0.2) is 54.6 Å². The number of carboxylic acids is 1. The van der Waals surface area contributed by atoms with Crippen LogP contribution in [-0.4, -0.2) is 37.8 Å². The second kappa shape index (κ2) is 10.2. The van der Waals surface area contributed by atoms with Crippen LogP contribution in [-0.2, 0) is 13.0 Å². The van der Waals surface area contributed by atoms with Gasteiger partial charge in [-0.1, -0.05) is 61.5 Å². The monoisotopic (exact) mass is 407 g/mol. The Labute approximate surface area is 177 Å². The lowest BCUT2D eigenvalue weighted by molar-refractivity contribution is 0.0697. The predicted molar refractivity (Wildman–Crippen MR) is 116 cm³/mol. The topological polar surface area (TPSA) is 88.2 Å². The van der Waals surface area contributed by atoms with Gasteiger partial charge in [0.15, 0.2) is 0 Å². The molecular weight excluding hydrogens is 378 g/mol. The molecule has 0 bridgehead atoms. The summed E-state index contributed by atoms with van der Waals surface area (Å²) in [6.45, 7) is 5.33. The van der Waals surface area contributed by atoms with Crippen LogP contribution in [0.4, 0.5) is 0 Å². The van der Waals surface area contributed by atoms with E-state index in [2.05, 4.69) is 48.4 Å². The first-order valence-corrected chi connectivity index (χ1v) is 10.4. The number of carboxylic acid groups (broad SMARTS) is 1. The minimum absolute atomic E-state index is 0.187. The van der Waals surface area contributed by atoms with Crippen molar-refractivity contribution in [3.05, 3.63) is 82.7 Å². The number of hydrogen-bond acceptors (Lipinski definition) is 4. The van der Waals surface area contributed by atoms with Crippen molar-refractivity contribution >= 4 is 5.97 Å². The first-order chi connectivity index (χ1) is 14.5. The van der Waals surface area contributed by atoms with Gasteiger partial charge in [-0.15, -0.1) is 5.10 Å². The molecule has 158 valence electrons. The van der Waals surface area contributed by atoms with Gasteiger partial charge in [0.05, 0.1) is 30.1 Å². The van der Waals surface area contributed by atoms with Crippen LogP contribution in [0.1, 0.15) is 71.4 Å². The largest absolute Gasteiger partial charge is 0.478 e. The average molecular weight is 408 g/mol. The maximum absolute atomic E-state index is 10.2. The average Bonchev–Trinajstić information content (AvgIpc) is 3.18. The van der Waals surface area contributed by atoms with Crippen LogP contribution in [0.25, 0.3) is 0 Å². The van der Waals surface area contributed by atoms with Crippen molar-refractivity contribution in [3.8, 4) is 0 Å². The van der Waals surface area contributed by atoms with E-state index < -0.39 is 5.97 Å². The highest BCUT2D eigenvalue weighted by atomic mass is 16.4. The first kappa shape index (κ1) is 21.7. The zero-order valence-electron chi connectivity index (χ0n) is 17.5. The van der Waals surface area contributed by atoms with E-state index in [0.717, 1.165) is 37.2 Å². The van der Waals surface area contributed by atoms with Gasteiger partial charge >= 0.3 is 5.97 Å². The second-order valence-corrected chi connectivity index (χ2v) is 7.92. The number of rotatable bonds is 5. The third kappa shape index (κ3) is 5.33. The molecule has 1 aromatic heterocycles. The fraction of sp³-hybridized carbons (Fsp3) is 0.375. The molecule has 1 heterocycles. The Morgan fingerprint density at radius 2 is 1.83 bits per heavy atom. The minimum atomic E-state index is -0.879. The van der Waals surface area contributed by atoms with Crippen LogP contribution in [0.2, 0.25) is 0 Å². The standard InChI is InChI=1S/C17H23N3O.C7H6O2/c1-12(2)14-8-6-13(7-9-14)10-20-17-15(11-21)4-3-5-16(17)18-19-20;8-7(9)6-4-2-1-3-5-6/h6-9,12,15,21H,3-5,10-11H2,1-2H3;1-5H,(H,8,9)/t15-;/m0./s1. The Morgan fingerprint density at radius 1 is 1.13 bits per heavy atom. The molecule has 30 heavy (non-hydrogen) atoms. The number of aromatic carboxylic acids is 1. The lowest BCUT2D eigenvalue weighted by Crippen LogP contribution is -2.18. The number of aliphatic hydroxyl groups excluding tert-OH is 1. The minimum Gasteiger partial charge on any atom is -0.478 e. The molecule has 0 radical (unpaired) electrons. The molecule has 6 heteroatoms. The quantitative estimate of drug-likeness (QED) is 0.660. The summed E-state index contributed by atoms with van der Waals surface area (Å²) in [6, 6.07) is 17.0. The zero-order valence-corrected chi connectivity index (χ0v) is 17.5. The number of benzene rings is 2. The summed E-state index contributed by atoms with van der Waals surface area (Å²) in [4.78, 5) is 10.2.